The third kappa shape index (κ3) is 4.15. The van der Waals surface area contributed by atoms with Gasteiger partial charge in [0, 0.05) is 12.2 Å². The topological polar surface area (TPSA) is 92.5 Å². The molecule has 136 valence electrons. The second-order valence-corrected chi connectivity index (χ2v) is 7.39. The summed E-state index contributed by atoms with van der Waals surface area (Å²) in [5.74, 6) is -1.76. The lowest BCUT2D eigenvalue weighted by Crippen LogP contribution is -2.56. The fourth-order valence-electron chi connectivity index (χ4n) is 2.95. The maximum Gasteiger partial charge on any atom is 0.254 e. The van der Waals surface area contributed by atoms with E-state index in [1.165, 1.54) is 17.0 Å². The van der Waals surface area contributed by atoms with Crippen LogP contribution in [0, 0.1) is 11.2 Å². The van der Waals surface area contributed by atoms with Gasteiger partial charge in [0.2, 0.25) is 5.91 Å². The number of carbonyl (C=O) groups is 3. The van der Waals surface area contributed by atoms with Gasteiger partial charge in [-0.15, -0.1) is 0 Å². The molecule has 0 unspecified atom stereocenters. The smallest absolute Gasteiger partial charge is 0.254 e. The van der Waals surface area contributed by atoms with E-state index in [1.807, 2.05) is 0 Å². The highest BCUT2D eigenvalue weighted by molar-refractivity contribution is 5.98. The largest absolute Gasteiger partial charge is 0.399 e. The molecule has 0 aromatic heterocycles. The molecule has 2 rings (SSSR count). The number of aldehydes is 1. The summed E-state index contributed by atoms with van der Waals surface area (Å²) in [6.07, 6.45) is 2.12. The molecule has 1 fully saturated rings. The van der Waals surface area contributed by atoms with Crippen molar-refractivity contribution in [2.75, 3.05) is 12.3 Å². The Morgan fingerprint density at radius 2 is 2.08 bits per heavy atom. The van der Waals surface area contributed by atoms with Crippen LogP contribution >= 0.6 is 0 Å². The molecule has 0 saturated carbocycles. The quantitative estimate of drug-likeness (QED) is 0.640. The summed E-state index contributed by atoms with van der Waals surface area (Å²) in [6, 6.07) is 2.43. The number of likely N-dealkylation sites (tertiary alicyclic amines) is 1. The molecule has 0 spiro atoms. The van der Waals surface area contributed by atoms with Crippen LogP contribution in [0.2, 0.25) is 0 Å². The number of nitrogens with two attached hydrogens (primary N) is 1. The molecule has 7 heteroatoms. The van der Waals surface area contributed by atoms with E-state index in [0.717, 1.165) is 18.8 Å². The van der Waals surface area contributed by atoms with E-state index in [2.05, 4.69) is 5.32 Å². The Labute approximate surface area is 146 Å². The van der Waals surface area contributed by atoms with Crippen LogP contribution in [0.25, 0.3) is 0 Å². The maximum absolute atomic E-state index is 14.0. The number of amides is 2. The van der Waals surface area contributed by atoms with Gasteiger partial charge in [-0.25, -0.2) is 4.39 Å². The van der Waals surface area contributed by atoms with Crippen molar-refractivity contribution in [3.8, 4) is 0 Å². The van der Waals surface area contributed by atoms with Crippen LogP contribution in [0.5, 0.6) is 0 Å². The SMILES string of the molecule is CC(C)(C)[C@H](NC(=O)c1ccc(N)cc1F)C(=O)N1CCC[C@H]1C=O. The van der Waals surface area contributed by atoms with Gasteiger partial charge in [0.1, 0.15) is 18.1 Å². The first-order valence-electron chi connectivity index (χ1n) is 8.27. The molecule has 2 amide bonds. The van der Waals surface area contributed by atoms with Crippen LogP contribution in [-0.2, 0) is 9.59 Å². The van der Waals surface area contributed by atoms with Crippen molar-refractivity contribution in [2.24, 2.45) is 5.41 Å². The number of benzene rings is 1. The van der Waals surface area contributed by atoms with Crippen LogP contribution in [0.4, 0.5) is 10.1 Å². The number of halogens is 1. The zero-order chi connectivity index (χ0) is 18.8. The first kappa shape index (κ1) is 18.9. The summed E-state index contributed by atoms with van der Waals surface area (Å²) in [5, 5.41) is 2.63. The van der Waals surface area contributed by atoms with Crippen LogP contribution in [0.15, 0.2) is 18.2 Å². The number of nitrogen functional groups attached to an aromatic ring is 1. The first-order chi connectivity index (χ1) is 11.6. The Balaban J connectivity index is 2.25. The summed E-state index contributed by atoms with van der Waals surface area (Å²) >= 11 is 0. The van der Waals surface area contributed by atoms with Crippen molar-refractivity contribution in [1.82, 2.24) is 10.2 Å². The molecule has 0 radical (unpaired) electrons. The lowest BCUT2D eigenvalue weighted by molar-refractivity contribution is -0.138. The number of hydrogen-bond donors (Lipinski definition) is 2. The molecule has 25 heavy (non-hydrogen) atoms. The predicted octanol–water partition coefficient (Wildman–Crippen LogP) is 1.74. The number of anilines is 1. The number of nitrogens with one attached hydrogen (secondary N) is 1. The summed E-state index contributed by atoms with van der Waals surface area (Å²) in [4.78, 5) is 38.0. The summed E-state index contributed by atoms with van der Waals surface area (Å²) in [7, 11) is 0. The molecule has 1 aromatic rings. The van der Waals surface area contributed by atoms with E-state index in [-0.39, 0.29) is 17.2 Å². The Hall–Kier alpha value is -2.44. The number of hydrogen-bond acceptors (Lipinski definition) is 4. The number of nitrogens with zero attached hydrogens (tertiary/aromatic N) is 1. The predicted molar refractivity (Wildman–Crippen MR) is 92.3 cm³/mol. The van der Waals surface area contributed by atoms with Crippen molar-refractivity contribution in [2.45, 2.75) is 45.7 Å². The molecule has 1 saturated heterocycles. The van der Waals surface area contributed by atoms with E-state index in [1.54, 1.807) is 20.8 Å². The molecule has 2 atom stereocenters. The first-order valence-corrected chi connectivity index (χ1v) is 8.27. The Kier molecular flexibility index (Phi) is 5.45. The zero-order valence-electron chi connectivity index (χ0n) is 14.7. The Bertz CT molecular complexity index is 685. The highest BCUT2D eigenvalue weighted by Gasteiger charge is 2.39. The third-order valence-corrected chi connectivity index (χ3v) is 4.37. The molecule has 1 heterocycles. The monoisotopic (exact) mass is 349 g/mol. The molecule has 1 aromatic carbocycles. The average molecular weight is 349 g/mol. The molecule has 1 aliphatic rings. The van der Waals surface area contributed by atoms with E-state index in [4.69, 9.17) is 5.73 Å². The van der Waals surface area contributed by atoms with E-state index in [9.17, 15) is 18.8 Å². The van der Waals surface area contributed by atoms with Gasteiger partial charge in [-0.2, -0.15) is 0 Å². The summed E-state index contributed by atoms with van der Waals surface area (Å²) < 4.78 is 14.0. The van der Waals surface area contributed by atoms with E-state index in [0.29, 0.717) is 13.0 Å². The molecular weight excluding hydrogens is 325 g/mol. The second-order valence-electron chi connectivity index (χ2n) is 7.39. The maximum atomic E-state index is 14.0. The minimum Gasteiger partial charge on any atom is -0.399 e. The van der Waals surface area contributed by atoms with Crippen molar-refractivity contribution < 1.29 is 18.8 Å². The molecule has 6 nitrogen and oxygen atoms in total. The van der Waals surface area contributed by atoms with Gasteiger partial charge in [-0.3, -0.25) is 9.59 Å². The molecule has 1 aliphatic heterocycles. The van der Waals surface area contributed by atoms with Crippen LogP contribution in [0.1, 0.15) is 44.0 Å². The average Bonchev–Trinajstić information content (AvgIpc) is 2.99. The summed E-state index contributed by atoms with van der Waals surface area (Å²) in [5.41, 5.74) is 4.93. The van der Waals surface area contributed by atoms with Gasteiger partial charge < -0.3 is 20.7 Å². The van der Waals surface area contributed by atoms with E-state index < -0.39 is 29.2 Å². The van der Waals surface area contributed by atoms with Crippen LogP contribution in [-0.4, -0.2) is 41.6 Å². The van der Waals surface area contributed by atoms with Gasteiger partial charge in [0.25, 0.3) is 5.91 Å². The van der Waals surface area contributed by atoms with Crippen molar-refractivity contribution >= 4 is 23.8 Å². The van der Waals surface area contributed by atoms with Crippen LogP contribution in [0.3, 0.4) is 0 Å². The highest BCUT2D eigenvalue weighted by Crippen LogP contribution is 2.25. The number of carbonyl (C=O) groups excluding carboxylic acids is 3. The zero-order valence-corrected chi connectivity index (χ0v) is 14.7. The minimum atomic E-state index is -0.877. The molecule has 0 bridgehead atoms. The number of rotatable bonds is 4. The van der Waals surface area contributed by atoms with Crippen molar-refractivity contribution in [1.29, 1.82) is 0 Å². The molecular formula is C18H24FN3O3. The van der Waals surface area contributed by atoms with Gasteiger partial charge in [-0.1, -0.05) is 20.8 Å². The highest BCUT2D eigenvalue weighted by atomic mass is 19.1. The summed E-state index contributed by atoms with van der Waals surface area (Å²) in [6.45, 7) is 5.89. The van der Waals surface area contributed by atoms with Crippen molar-refractivity contribution in [3.63, 3.8) is 0 Å². The van der Waals surface area contributed by atoms with E-state index >= 15 is 0 Å². The fraction of sp³-hybridized carbons (Fsp3) is 0.500. The lowest BCUT2D eigenvalue weighted by Gasteiger charge is -2.34. The normalized spacial score (nSPS) is 18.7. The fourth-order valence-corrected chi connectivity index (χ4v) is 2.95. The standard InChI is InChI=1S/C18H24FN3O3/c1-18(2,3)15(17(25)22-8-4-5-12(22)10-23)21-16(24)13-7-6-11(20)9-14(13)19/h6-7,9-10,12,15H,4-5,8,20H2,1-3H3,(H,21,24)/t12-,15+/m0/s1. The van der Waals surface area contributed by atoms with Gasteiger partial charge in [0.05, 0.1) is 11.6 Å². The molecule has 3 N–H and O–H groups in total. The van der Waals surface area contributed by atoms with Crippen molar-refractivity contribution in [3.05, 3.63) is 29.6 Å². The Morgan fingerprint density at radius 3 is 2.64 bits per heavy atom. The second kappa shape index (κ2) is 7.21. The lowest BCUT2D eigenvalue weighted by atomic mass is 9.85. The van der Waals surface area contributed by atoms with Crippen LogP contribution < -0.4 is 11.1 Å². The van der Waals surface area contributed by atoms with Gasteiger partial charge in [0.15, 0.2) is 0 Å². The van der Waals surface area contributed by atoms with Gasteiger partial charge >= 0.3 is 0 Å². The van der Waals surface area contributed by atoms with Gasteiger partial charge in [-0.05, 0) is 36.5 Å². The Morgan fingerprint density at radius 1 is 1.40 bits per heavy atom. The molecule has 0 aliphatic carbocycles. The third-order valence-electron chi connectivity index (χ3n) is 4.37. The minimum absolute atomic E-state index is 0.176.